The van der Waals surface area contributed by atoms with E-state index in [0.717, 1.165) is 31.8 Å². The maximum atomic E-state index is 13.5. The Kier molecular flexibility index (Phi) is 7.50. The summed E-state index contributed by atoms with van der Waals surface area (Å²) in [7, 11) is -3.16. The smallest absolute Gasteiger partial charge is 0.264 e. The first-order valence-electron chi connectivity index (χ1n) is 12.6. The number of rotatable bonds is 7. The van der Waals surface area contributed by atoms with Crippen LogP contribution < -0.4 is 9.64 Å². The molecule has 2 aliphatic heterocycles. The van der Waals surface area contributed by atoms with Gasteiger partial charge in [0, 0.05) is 25.2 Å². The van der Waals surface area contributed by atoms with Crippen LogP contribution in [0.2, 0.25) is 0 Å². The molecule has 0 N–H and O–H groups in total. The number of sulfone groups is 1. The van der Waals surface area contributed by atoms with Gasteiger partial charge in [-0.05, 0) is 61.8 Å². The van der Waals surface area contributed by atoms with Crippen molar-refractivity contribution in [1.29, 1.82) is 0 Å². The number of nitrogens with zero attached hydrogens (tertiary/aromatic N) is 2. The molecule has 2 atom stereocenters. The molecule has 0 aliphatic carbocycles. The van der Waals surface area contributed by atoms with E-state index >= 15 is 0 Å². The topological polar surface area (TPSA) is 80.1 Å². The van der Waals surface area contributed by atoms with Crippen LogP contribution >= 0.6 is 0 Å². The van der Waals surface area contributed by atoms with Gasteiger partial charge in [0.2, 0.25) is 0 Å². The zero-order chi connectivity index (χ0) is 25.2. The quantitative estimate of drug-likeness (QED) is 0.553. The molecule has 2 aliphatic rings. The van der Waals surface area contributed by atoms with Gasteiger partial charge in [0.1, 0.15) is 11.5 Å². The third kappa shape index (κ3) is 6.40. The van der Waals surface area contributed by atoms with Crippen molar-refractivity contribution in [1.82, 2.24) is 4.90 Å². The van der Waals surface area contributed by atoms with Gasteiger partial charge in [-0.15, -0.1) is 0 Å². The molecule has 0 saturated carbocycles. The minimum atomic E-state index is -3.16. The van der Waals surface area contributed by atoms with E-state index in [9.17, 15) is 13.2 Å². The first-order chi connectivity index (χ1) is 16.5. The summed E-state index contributed by atoms with van der Waals surface area (Å²) in [6.45, 7) is 10.3. The molecule has 1 aromatic heterocycles. The summed E-state index contributed by atoms with van der Waals surface area (Å²) in [5, 5.41) is 0. The number of furan rings is 1. The second kappa shape index (κ2) is 10.2. The fourth-order valence-corrected chi connectivity index (χ4v) is 6.56. The van der Waals surface area contributed by atoms with Crippen molar-refractivity contribution in [3.8, 4) is 5.75 Å². The lowest BCUT2D eigenvalue weighted by Gasteiger charge is -2.30. The van der Waals surface area contributed by atoms with Gasteiger partial charge >= 0.3 is 0 Å². The maximum absolute atomic E-state index is 13.5. The van der Waals surface area contributed by atoms with Gasteiger partial charge in [-0.1, -0.05) is 32.9 Å². The fraction of sp³-hybridized carbons (Fsp3) is 0.593. The molecule has 4 rings (SSSR count). The Labute approximate surface area is 209 Å². The van der Waals surface area contributed by atoms with Crippen LogP contribution in [-0.2, 0) is 26.6 Å². The largest absolute Gasteiger partial charge is 0.481 e. The standard InChI is InChI=1S/C27H38N2O5S/c1-20(33-23-10-8-21(9-11-23)27(2,3)4)26(30)29(22-14-17-35(31,32)19-22)18-24-12-13-25(34-24)28-15-6-5-7-16-28/h8-13,20,22H,5-7,14-19H2,1-4H3. The van der Waals surface area contributed by atoms with Crippen molar-refractivity contribution in [3.63, 3.8) is 0 Å². The summed E-state index contributed by atoms with van der Waals surface area (Å²) in [5.41, 5.74) is 1.21. The lowest BCUT2D eigenvalue weighted by molar-refractivity contribution is -0.140. The molecule has 1 aromatic carbocycles. The van der Waals surface area contributed by atoms with Crippen molar-refractivity contribution in [2.24, 2.45) is 0 Å². The lowest BCUT2D eigenvalue weighted by atomic mass is 9.87. The predicted octanol–water partition coefficient (Wildman–Crippen LogP) is 4.55. The van der Waals surface area contributed by atoms with Crippen LogP contribution in [0.5, 0.6) is 5.75 Å². The van der Waals surface area contributed by atoms with Crippen LogP contribution in [0.4, 0.5) is 5.88 Å². The second-order valence-corrected chi connectivity index (χ2v) is 13.1. The molecule has 0 radical (unpaired) electrons. The van der Waals surface area contributed by atoms with Gasteiger partial charge in [0.15, 0.2) is 21.8 Å². The van der Waals surface area contributed by atoms with Gasteiger partial charge in [-0.25, -0.2) is 8.42 Å². The molecule has 7 nitrogen and oxygen atoms in total. The Hall–Kier alpha value is -2.48. The molecule has 1 amide bonds. The van der Waals surface area contributed by atoms with Gasteiger partial charge < -0.3 is 19.0 Å². The molecule has 0 spiro atoms. The predicted molar refractivity (Wildman–Crippen MR) is 138 cm³/mol. The molecule has 2 unspecified atom stereocenters. The van der Waals surface area contributed by atoms with Gasteiger partial charge in [0.05, 0.1) is 18.1 Å². The normalized spacial score (nSPS) is 21.0. The summed E-state index contributed by atoms with van der Waals surface area (Å²) < 4.78 is 36.5. The number of ether oxygens (including phenoxy) is 1. The van der Waals surface area contributed by atoms with Crippen molar-refractivity contribution in [2.75, 3.05) is 29.5 Å². The molecular formula is C27H38N2O5S. The fourth-order valence-electron chi connectivity index (χ4n) is 4.83. The van der Waals surface area contributed by atoms with Crippen LogP contribution in [0.15, 0.2) is 40.8 Å². The summed E-state index contributed by atoms with van der Waals surface area (Å²) in [6.07, 6.45) is 3.20. The Bertz CT molecular complexity index is 1110. The van der Waals surface area contributed by atoms with Gasteiger partial charge in [-0.3, -0.25) is 4.79 Å². The van der Waals surface area contributed by atoms with Crippen molar-refractivity contribution in [3.05, 3.63) is 47.7 Å². The van der Waals surface area contributed by atoms with E-state index < -0.39 is 15.9 Å². The third-order valence-corrected chi connectivity index (χ3v) is 8.70. The summed E-state index contributed by atoms with van der Waals surface area (Å²) in [4.78, 5) is 17.4. The Morgan fingerprint density at radius 2 is 1.80 bits per heavy atom. The van der Waals surface area contributed by atoms with Crippen molar-refractivity contribution >= 4 is 21.6 Å². The zero-order valence-electron chi connectivity index (χ0n) is 21.3. The number of amides is 1. The lowest BCUT2D eigenvalue weighted by Crippen LogP contribution is -2.46. The van der Waals surface area contributed by atoms with E-state index in [1.807, 2.05) is 36.4 Å². The molecule has 192 valence electrons. The molecular weight excluding hydrogens is 464 g/mol. The van der Waals surface area contributed by atoms with E-state index in [2.05, 4.69) is 25.7 Å². The summed E-state index contributed by atoms with van der Waals surface area (Å²) >= 11 is 0. The molecule has 2 saturated heterocycles. The molecule has 35 heavy (non-hydrogen) atoms. The number of benzene rings is 1. The first kappa shape index (κ1) is 25.6. The highest BCUT2D eigenvalue weighted by molar-refractivity contribution is 7.91. The van der Waals surface area contributed by atoms with Gasteiger partial charge in [0.25, 0.3) is 5.91 Å². The first-order valence-corrected chi connectivity index (χ1v) is 14.5. The monoisotopic (exact) mass is 502 g/mol. The number of carbonyl (C=O) groups is 1. The maximum Gasteiger partial charge on any atom is 0.264 e. The number of hydrogen-bond acceptors (Lipinski definition) is 6. The molecule has 3 heterocycles. The van der Waals surface area contributed by atoms with Crippen molar-refractivity contribution in [2.45, 2.75) is 77.5 Å². The van der Waals surface area contributed by atoms with Crippen molar-refractivity contribution < 1.29 is 22.4 Å². The van der Waals surface area contributed by atoms with Crippen LogP contribution in [-0.4, -0.2) is 56.0 Å². The zero-order valence-corrected chi connectivity index (χ0v) is 22.1. The minimum Gasteiger partial charge on any atom is -0.481 e. The summed E-state index contributed by atoms with van der Waals surface area (Å²) in [5.74, 6) is 1.93. The number of anilines is 1. The second-order valence-electron chi connectivity index (χ2n) is 10.8. The molecule has 8 heteroatoms. The Morgan fingerprint density at radius 3 is 2.40 bits per heavy atom. The Morgan fingerprint density at radius 1 is 1.11 bits per heavy atom. The average Bonchev–Trinajstić information content (AvgIpc) is 3.43. The molecule has 2 fully saturated rings. The van der Waals surface area contributed by atoms with E-state index in [1.165, 1.54) is 12.0 Å². The minimum absolute atomic E-state index is 0.0224. The third-order valence-electron chi connectivity index (χ3n) is 6.95. The summed E-state index contributed by atoms with van der Waals surface area (Å²) in [6, 6.07) is 11.2. The highest BCUT2D eigenvalue weighted by Crippen LogP contribution is 2.28. The van der Waals surface area contributed by atoms with Crippen LogP contribution in [0, 0.1) is 0 Å². The van der Waals surface area contributed by atoms with Crippen LogP contribution in [0.1, 0.15) is 64.7 Å². The SMILES string of the molecule is CC(Oc1ccc(C(C)(C)C)cc1)C(=O)N(Cc1ccc(N2CCCCC2)o1)C1CCS(=O)(=O)C1. The highest BCUT2D eigenvalue weighted by Gasteiger charge is 2.37. The average molecular weight is 503 g/mol. The van der Waals surface area contributed by atoms with E-state index in [4.69, 9.17) is 9.15 Å². The highest BCUT2D eigenvalue weighted by atomic mass is 32.2. The van der Waals surface area contributed by atoms with E-state index in [-0.39, 0.29) is 35.4 Å². The van der Waals surface area contributed by atoms with E-state index in [1.54, 1.807) is 11.8 Å². The number of hydrogen-bond donors (Lipinski definition) is 0. The van der Waals surface area contributed by atoms with Gasteiger partial charge in [-0.2, -0.15) is 0 Å². The Balaban J connectivity index is 1.49. The van der Waals surface area contributed by atoms with E-state index in [0.29, 0.717) is 17.9 Å². The molecule has 0 bridgehead atoms. The van der Waals surface area contributed by atoms with Crippen LogP contribution in [0.25, 0.3) is 0 Å². The van der Waals surface area contributed by atoms with Crippen LogP contribution in [0.3, 0.4) is 0 Å². The number of carbonyl (C=O) groups excluding carboxylic acids is 1. The number of piperidine rings is 1. The molecule has 2 aromatic rings.